The minimum atomic E-state index is -0.634. The number of rotatable bonds is 0. The molecule has 0 radical (unpaired) electrons. The lowest BCUT2D eigenvalue weighted by molar-refractivity contribution is -0.0549. The van der Waals surface area contributed by atoms with E-state index >= 15 is 0 Å². The number of hydrogen-bond donors (Lipinski definition) is 0. The fourth-order valence-electron chi connectivity index (χ4n) is 5.00. The van der Waals surface area contributed by atoms with Crippen molar-refractivity contribution < 1.29 is 0 Å². The van der Waals surface area contributed by atoms with E-state index in [1.165, 1.54) is 0 Å². The third kappa shape index (κ3) is 1.11. The fraction of sp³-hybridized carbons (Fsp3) is 0.714. The molecule has 18 heavy (non-hydrogen) atoms. The summed E-state index contributed by atoms with van der Waals surface area (Å²) in [5.74, 6) is 0. The van der Waals surface area contributed by atoms with E-state index in [2.05, 4.69) is 21.8 Å². The van der Waals surface area contributed by atoms with Gasteiger partial charge in [-0.05, 0) is 6.42 Å². The van der Waals surface area contributed by atoms with E-state index in [1.807, 2.05) is 0 Å². The van der Waals surface area contributed by atoms with Crippen LogP contribution in [0.4, 0.5) is 0 Å². The maximum absolute atomic E-state index is 9.50. The van der Waals surface area contributed by atoms with Crippen LogP contribution in [0.15, 0.2) is 0 Å². The third-order valence-corrected chi connectivity index (χ3v) is 4.95. The van der Waals surface area contributed by atoms with Gasteiger partial charge in [-0.15, -0.1) is 0 Å². The van der Waals surface area contributed by atoms with Gasteiger partial charge in [-0.3, -0.25) is 0 Å². The molecule has 0 atom stereocenters. The van der Waals surface area contributed by atoms with Gasteiger partial charge in [-0.2, -0.15) is 10.5 Å². The summed E-state index contributed by atoms with van der Waals surface area (Å²) in [4.78, 5) is 7.53. The number of nitriles is 2. The average molecular weight is 236 g/mol. The van der Waals surface area contributed by atoms with Gasteiger partial charge in [0.2, 0.25) is 11.1 Å². The zero-order valence-corrected chi connectivity index (χ0v) is 10.0. The van der Waals surface area contributed by atoms with Gasteiger partial charge in [-0.1, -0.05) is 0 Å². The molecule has 4 aliphatic carbocycles. The molecule has 4 heteroatoms. The Hall–Kier alpha value is -2.04. The molecule has 4 fully saturated rings. The van der Waals surface area contributed by atoms with Crippen molar-refractivity contribution in [1.82, 2.24) is 0 Å². The molecule has 0 saturated heterocycles. The van der Waals surface area contributed by atoms with E-state index in [0.29, 0.717) is 38.5 Å². The summed E-state index contributed by atoms with van der Waals surface area (Å²) in [6.07, 6.45) is 3.34. The van der Waals surface area contributed by atoms with E-state index in [4.69, 9.17) is 13.1 Å². The third-order valence-electron chi connectivity index (χ3n) is 4.95. The van der Waals surface area contributed by atoms with Crippen LogP contribution in [-0.4, -0.2) is 11.1 Å². The number of hydrogen-bond acceptors (Lipinski definition) is 2. The van der Waals surface area contributed by atoms with Crippen molar-refractivity contribution in [3.63, 3.8) is 0 Å². The highest BCUT2D eigenvalue weighted by molar-refractivity contribution is 5.35. The summed E-state index contributed by atoms with van der Waals surface area (Å²) in [5, 5.41) is 19.0. The second-order valence-corrected chi connectivity index (χ2v) is 6.52. The lowest BCUT2D eigenvalue weighted by atomic mass is 9.40. The summed E-state index contributed by atoms with van der Waals surface area (Å²) in [5.41, 5.74) is -2.49. The zero-order valence-electron chi connectivity index (χ0n) is 10.0. The first kappa shape index (κ1) is 11.1. The molecule has 88 valence electrons. The molecule has 4 bridgehead atoms. The van der Waals surface area contributed by atoms with Crippen molar-refractivity contribution in [2.75, 3.05) is 0 Å². The summed E-state index contributed by atoms with van der Waals surface area (Å²) >= 11 is 0. The Kier molecular flexibility index (Phi) is 1.76. The number of nitrogens with zero attached hydrogens (tertiary/aromatic N) is 4. The molecule has 0 N–H and O–H groups in total. The lowest BCUT2D eigenvalue weighted by Crippen LogP contribution is -2.64. The van der Waals surface area contributed by atoms with E-state index in [-0.39, 0.29) is 0 Å². The molecule has 0 aromatic carbocycles. The minimum Gasteiger partial charge on any atom is -0.310 e. The average Bonchev–Trinajstić information content (AvgIpc) is 2.37. The van der Waals surface area contributed by atoms with Gasteiger partial charge < -0.3 is 9.69 Å². The highest BCUT2D eigenvalue weighted by atomic mass is 15.0. The fourth-order valence-corrected chi connectivity index (χ4v) is 5.00. The molecule has 0 aliphatic heterocycles. The van der Waals surface area contributed by atoms with Crippen LogP contribution in [0.3, 0.4) is 0 Å². The minimum absolute atomic E-state index is 0.555. The van der Waals surface area contributed by atoms with Gasteiger partial charge in [-0.25, -0.2) is 13.1 Å². The summed E-state index contributed by atoms with van der Waals surface area (Å²) in [6.45, 7) is 14.9. The van der Waals surface area contributed by atoms with Crippen LogP contribution in [0.5, 0.6) is 0 Å². The Morgan fingerprint density at radius 3 is 1.39 bits per heavy atom. The smallest absolute Gasteiger partial charge is 0.243 e. The van der Waals surface area contributed by atoms with Crippen molar-refractivity contribution in [3.05, 3.63) is 22.8 Å². The molecule has 4 rings (SSSR count). The molecule has 4 aliphatic rings. The topological polar surface area (TPSA) is 56.3 Å². The predicted molar refractivity (Wildman–Crippen MR) is 62.5 cm³/mol. The normalized spacial score (nSPS) is 51.8. The zero-order chi connectivity index (χ0) is 13.1. The van der Waals surface area contributed by atoms with Crippen molar-refractivity contribution in [2.24, 2.45) is 10.8 Å². The summed E-state index contributed by atoms with van der Waals surface area (Å²) < 4.78 is 0. The van der Waals surface area contributed by atoms with Crippen LogP contribution in [0, 0.1) is 46.6 Å². The molecule has 0 aromatic heterocycles. The predicted octanol–water partition coefficient (Wildman–Crippen LogP) is 2.70. The molecule has 4 nitrogen and oxygen atoms in total. The first-order valence-electron chi connectivity index (χ1n) is 6.08. The van der Waals surface area contributed by atoms with Crippen LogP contribution in [0.25, 0.3) is 9.69 Å². The van der Waals surface area contributed by atoms with E-state index in [1.54, 1.807) is 0 Å². The molecule has 4 saturated carbocycles. The second kappa shape index (κ2) is 2.85. The quantitative estimate of drug-likeness (QED) is 0.607. The first-order valence-corrected chi connectivity index (χ1v) is 6.08. The van der Waals surface area contributed by atoms with Gasteiger partial charge >= 0.3 is 0 Å². The monoisotopic (exact) mass is 236 g/mol. The Morgan fingerprint density at radius 2 is 1.11 bits per heavy atom. The van der Waals surface area contributed by atoms with Crippen molar-refractivity contribution in [1.29, 1.82) is 10.5 Å². The van der Waals surface area contributed by atoms with Crippen LogP contribution in [0.1, 0.15) is 38.5 Å². The maximum atomic E-state index is 9.50. The second-order valence-electron chi connectivity index (χ2n) is 6.52. The van der Waals surface area contributed by atoms with Crippen LogP contribution in [-0.2, 0) is 0 Å². The van der Waals surface area contributed by atoms with Crippen molar-refractivity contribution in [2.45, 2.75) is 49.6 Å². The molecule has 0 spiro atoms. The largest absolute Gasteiger partial charge is 0.310 e. The molecule has 0 heterocycles. The molecule has 0 amide bonds. The van der Waals surface area contributed by atoms with Crippen molar-refractivity contribution >= 4 is 0 Å². The SMILES string of the molecule is [C-]#[N+]C12CC3(C#N)CC(C#N)(C1)CC([N+]#[C-])(C3)C2. The van der Waals surface area contributed by atoms with Crippen LogP contribution < -0.4 is 0 Å². The van der Waals surface area contributed by atoms with Gasteiger partial charge in [0, 0.05) is 25.7 Å². The van der Waals surface area contributed by atoms with Gasteiger partial charge in [0.15, 0.2) is 0 Å². The Labute approximate surface area is 106 Å². The summed E-state index contributed by atoms with van der Waals surface area (Å²) in [7, 11) is 0. The van der Waals surface area contributed by atoms with Gasteiger partial charge in [0.25, 0.3) is 0 Å². The summed E-state index contributed by atoms with van der Waals surface area (Å²) in [6, 6.07) is 4.70. The van der Waals surface area contributed by atoms with E-state index < -0.39 is 21.9 Å². The molecule has 0 unspecified atom stereocenters. The molecular formula is C14H12N4. The Balaban J connectivity index is 2.22. The highest BCUT2D eigenvalue weighted by Gasteiger charge is 2.76. The standard InChI is InChI=1S/C14H12N4/c1-17-13-4-11(9-15)3-12(5-13,10-16)7-14(6-11,8-13)18-2/h3-8H2. The van der Waals surface area contributed by atoms with E-state index in [0.717, 1.165) is 0 Å². The van der Waals surface area contributed by atoms with E-state index in [9.17, 15) is 10.5 Å². The molecule has 0 aromatic rings. The van der Waals surface area contributed by atoms with Crippen LogP contribution in [0.2, 0.25) is 0 Å². The highest BCUT2D eigenvalue weighted by Crippen LogP contribution is 2.69. The van der Waals surface area contributed by atoms with Gasteiger partial charge in [0.1, 0.15) is 6.42 Å². The maximum Gasteiger partial charge on any atom is 0.243 e. The van der Waals surface area contributed by atoms with Crippen molar-refractivity contribution in [3.8, 4) is 12.1 Å². The van der Waals surface area contributed by atoms with Crippen LogP contribution >= 0.6 is 0 Å². The first-order chi connectivity index (χ1) is 8.49. The van der Waals surface area contributed by atoms with Gasteiger partial charge in [0.05, 0.1) is 23.0 Å². The Bertz CT molecular complexity index is 448. The Morgan fingerprint density at radius 1 is 0.722 bits per heavy atom. The lowest BCUT2D eigenvalue weighted by Gasteiger charge is -2.57. The molecular weight excluding hydrogens is 224 g/mol.